The number of nitrogens with two attached hydrogens (primary N) is 1. The van der Waals surface area contributed by atoms with Crippen LogP contribution in [-0.2, 0) is 0 Å². The summed E-state index contributed by atoms with van der Waals surface area (Å²) in [5.41, 5.74) is 5.29. The second kappa shape index (κ2) is 6.80. The first kappa shape index (κ1) is 14.4. The summed E-state index contributed by atoms with van der Waals surface area (Å²) in [5, 5.41) is 16.3. The summed E-state index contributed by atoms with van der Waals surface area (Å²) in [6, 6.07) is 0. The van der Waals surface area contributed by atoms with E-state index in [1.54, 1.807) is 0 Å². The van der Waals surface area contributed by atoms with E-state index in [4.69, 9.17) is 16.2 Å². The molecule has 0 aromatic heterocycles. The Morgan fingerprint density at radius 2 is 1.93 bits per heavy atom. The van der Waals surface area contributed by atoms with Crippen molar-refractivity contribution in [2.75, 3.05) is 26.2 Å². The van der Waals surface area contributed by atoms with E-state index >= 15 is 0 Å². The van der Waals surface area contributed by atoms with Crippen molar-refractivity contribution in [2.24, 2.45) is 11.1 Å². The molecule has 0 spiro atoms. The van der Waals surface area contributed by atoms with Crippen LogP contribution < -0.4 is 5.73 Å². The number of aliphatic hydroxyl groups excluding tert-OH is 1. The number of aliphatic hydroxyl groups is 1. The molecular formula is C11H25N3O. The van der Waals surface area contributed by atoms with Gasteiger partial charge in [-0.15, -0.1) is 0 Å². The lowest BCUT2D eigenvalue weighted by Gasteiger charge is -2.27. The lowest BCUT2D eigenvalue weighted by molar-refractivity contribution is 0.184. The van der Waals surface area contributed by atoms with Crippen LogP contribution in [0.15, 0.2) is 0 Å². The van der Waals surface area contributed by atoms with E-state index in [2.05, 4.69) is 11.8 Å². The molecule has 0 unspecified atom stereocenters. The van der Waals surface area contributed by atoms with E-state index in [-0.39, 0.29) is 17.9 Å². The number of rotatable bonds is 8. The fourth-order valence-electron chi connectivity index (χ4n) is 1.37. The highest BCUT2D eigenvalue weighted by atomic mass is 16.3. The molecule has 0 aromatic rings. The zero-order valence-electron chi connectivity index (χ0n) is 10.2. The molecule has 90 valence electrons. The topological polar surface area (TPSA) is 73.3 Å². The Bertz CT molecular complexity index is 186. The van der Waals surface area contributed by atoms with Gasteiger partial charge >= 0.3 is 0 Å². The van der Waals surface area contributed by atoms with Gasteiger partial charge in [-0.2, -0.15) is 0 Å². The normalized spacial score (nSPS) is 12.1. The SMILES string of the molecule is CCCN(CCO)CCC(C)(C)C(=N)N. The maximum absolute atomic E-state index is 8.89. The summed E-state index contributed by atoms with van der Waals surface area (Å²) in [5.74, 6) is 0.239. The standard InChI is InChI=1S/C11H25N3O/c1-4-6-14(8-9-15)7-5-11(2,3)10(12)13/h15H,4-9H2,1-3H3,(H3,12,13). The molecule has 0 bridgehead atoms. The summed E-state index contributed by atoms with van der Waals surface area (Å²) >= 11 is 0. The van der Waals surface area contributed by atoms with Gasteiger partial charge in [0.1, 0.15) is 0 Å². The average molecular weight is 215 g/mol. The Morgan fingerprint density at radius 3 is 2.33 bits per heavy atom. The molecule has 4 nitrogen and oxygen atoms in total. The van der Waals surface area contributed by atoms with Gasteiger partial charge in [-0.25, -0.2) is 0 Å². The van der Waals surface area contributed by atoms with Crippen molar-refractivity contribution in [1.29, 1.82) is 5.41 Å². The Hall–Kier alpha value is -0.610. The lowest BCUT2D eigenvalue weighted by Crippen LogP contribution is -2.36. The van der Waals surface area contributed by atoms with Crippen molar-refractivity contribution >= 4 is 5.84 Å². The summed E-state index contributed by atoms with van der Waals surface area (Å²) < 4.78 is 0. The third-order valence-electron chi connectivity index (χ3n) is 2.74. The van der Waals surface area contributed by atoms with Gasteiger partial charge in [0.25, 0.3) is 0 Å². The predicted molar refractivity (Wildman–Crippen MR) is 64.1 cm³/mol. The van der Waals surface area contributed by atoms with Gasteiger partial charge in [0, 0.05) is 12.0 Å². The number of nitrogens with one attached hydrogen (secondary N) is 1. The Labute approximate surface area is 93.0 Å². The van der Waals surface area contributed by atoms with Gasteiger partial charge in [0.2, 0.25) is 0 Å². The molecule has 0 saturated carbocycles. The van der Waals surface area contributed by atoms with Gasteiger partial charge in [0.15, 0.2) is 0 Å². The summed E-state index contributed by atoms with van der Waals surface area (Å²) in [6.07, 6.45) is 1.95. The van der Waals surface area contributed by atoms with Crippen molar-refractivity contribution in [3.05, 3.63) is 0 Å². The van der Waals surface area contributed by atoms with Crippen molar-refractivity contribution in [1.82, 2.24) is 4.90 Å². The highest BCUT2D eigenvalue weighted by molar-refractivity contribution is 5.82. The molecule has 4 N–H and O–H groups in total. The number of nitrogens with zero attached hydrogens (tertiary/aromatic N) is 1. The molecule has 0 heterocycles. The minimum atomic E-state index is -0.235. The Kier molecular flexibility index (Phi) is 6.52. The minimum absolute atomic E-state index is 0.195. The third kappa shape index (κ3) is 5.74. The zero-order valence-corrected chi connectivity index (χ0v) is 10.2. The summed E-state index contributed by atoms with van der Waals surface area (Å²) in [6.45, 7) is 8.88. The summed E-state index contributed by atoms with van der Waals surface area (Å²) in [7, 11) is 0. The molecule has 0 aromatic carbocycles. The first-order valence-electron chi connectivity index (χ1n) is 5.61. The van der Waals surface area contributed by atoms with E-state index < -0.39 is 0 Å². The average Bonchev–Trinajstić information content (AvgIpc) is 2.15. The Balaban J connectivity index is 4.02. The molecule has 0 rings (SSSR count). The van der Waals surface area contributed by atoms with Gasteiger partial charge in [-0.3, -0.25) is 5.41 Å². The lowest BCUT2D eigenvalue weighted by atomic mass is 9.88. The van der Waals surface area contributed by atoms with Crippen LogP contribution in [0.2, 0.25) is 0 Å². The van der Waals surface area contributed by atoms with E-state index in [0.29, 0.717) is 6.54 Å². The van der Waals surface area contributed by atoms with Crippen LogP contribution in [0.1, 0.15) is 33.6 Å². The van der Waals surface area contributed by atoms with Gasteiger partial charge in [-0.1, -0.05) is 20.8 Å². The van der Waals surface area contributed by atoms with Gasteiger partial charge < -0.3 is 15.7 Å². The van der Waals surface area contributed by atoms with E-state index in [1.807, 2.05) is 13.8 Å². The largest absolute Gasteiger partial charge is 0.395 e. The monoisotopic (exact) mass is 215 g/mol. The van der Waals surface area contributed by atoms with Crippen molar-refractivity contribution in [3.8, 4) is 0 Å². The zero-order chi connectivity index (χ0) is 11.9. The maximum Gasteiger partial charge on any atom is 0.0963 e. The molecule has 0 aliphatic carbocycles. The molecular weight excluding hydrogens is 190 g/mol. The second-order valence-corrected chi connectivity index (χ2v) is 4.61. The smallest absolute Gasteiger partial charge is 0.0963 e. The molecule has 0 fully saturated rings. The number of hydrogen-bond donors (Lipinski definition) is 3. The van der Waals surface area contributed by atoms with Crippen LogP contribution in [0.3, 0.4) is 0 Å². The van der Waals surface area contributed by atoms with Crippen LogP contribution in [-0.4, -0.2) is 42.1 Å². The van der Waals surface area contributed by atoms with Crippen molar-refractivity contribution in [2.45, 2.75) is 33.6 Å². The van der Waals surface area contributed by atoms with Crippen molar-refractivity contribution < 1.29 is 5.11 Å². The molecule has 15 heavy (non-hydrogen) atoms. The minimum Gasteiger partial charge on any atom is -0.395 e. The first-order chi connectivity index (χ1) is 6.94. The molecule has 0 radical (unpaired) electrons. The van der Waals surface area contributed by atoms with Crippen LogP contribution in [0, 0.1) is 10.8 Å². The number of amidine groups is 1. The second-order valence-electron chi connectivity index (χ2n) is 4.61. The first-order valence-corrected chi connectivity index (χ1v) is 5.61. The molecule has 4 heteroatoms. The van der Waals surface area contributed by atoms with E-state index in [0.717, 1.165) is 25.9 Å². The van der Waals surface area contributed by atoms with E-state index in [1.165, 1.54) is 0 Å². The number of hydrogen-bond acceptors (Lipinski definition) is 3. The molecule has 0 saturated heterocycles. The molecule has 0 atom stereocenters. The predicted octanol–water partition coefficient (Wildman–Crippen LogP) is 1.04. The summed E-state index contributed by atoms with van der Waals surface area (Å²) in [4.78, 5) is 2.21. The van der Waals surface area contributed by atoms with Gasteiger partial charge in [-0.05, 0) is 25.9 Å². The molecule has 0 aliphatic rings. The fourth-order valence-corrected chi connectivity index (χ4v) is 1.37. The van der Waals surface area contributed by atoms with Crippen molar-refractivity contribution in [3.63, 3.8) is 0 Å². The highest BCUT2D eigenvalue weighted by Crippen LogP contribution is 2.19. The van der Waals surface area contributed by atoms with Gasteiger partial charge in [0.05, 0.1) is 12.4 Å². The Morgan fingerprint density at radius 1 is 1.33 bits per heavy atom. The van der Waals surface area contributed by atoms with Crippen LogP contribution in [0.25, 0.3) is 0 Å². The van der Waals surface area contributed by atoms with Crippen LogP contribution in [0.4, 0.5) is 0 Å². The van der Waals surface area contributed by atoms with E-state index in [9.17, 15) is 0 Å². The molecule has 0 amide bonds. The highest BCUT2D eigenvalue weighted by Gasteiger charge is 2.22. The quantitative estimate of drug-likeness (QED) is 0.418. The molecule has 0 aliphatic heterocycles. The third-order valence-corrected chi connectivity index (χ3v) is 2.74. The van der Waals surface area contributed by atoms with Crippen LogP contribution >= 0.6 is 0 Å². The maximum atomic E-state index is 8.89. The van der Waals surface area contributed by atoms with Crippen LogP contribution in [0.5, 0.6) is 0 Å². The fraction of sp³-hybridized carbons (Fsp3) is 0.909.